The molecule has 8 nitrogen and oxygen atoms in total. The third-order valence-electron chi connectivity index (χ3n) is 5.88. The third-order valence-corrected chi connectivity index (χ3v) is 5.88. The summed E-state index contributed by atoms with van der Waals surface area (Å²) in [5.74, 6) is -1.05. The number of aromatic nitrogens is 1. The van der Waals surface area contributed by atoms with Gasteiger partial charge in [0, 0.05) is 49.1 Å². The van der Waals surface area contributed by atoms with Crippen molar-refractivity contribution >= 4 is 11.9 Å². The van der Waals surface area contributed by atoms with Crippen molar-refractivity contribution in [1.29, 1.82) is 0 Å². The van der Waals surface area contributed by atoms with Crippen LogP contribution in [-0.4, -0.2) is 65.6 Å². The molecule has 11 heteroatoms. The molecule has 2 aliphatic rings. The number of nitrogens with zero attached hydrogens (tertiary/aromatic N) is 2. The molecule has 33 heavy (non-hydrogen) atoms. The Labute approximate surface area is 188 Å². The van der Waals surface area contributed by atoms with Crippen LogP contribution in [0.15, 0.2) is 34.9 Å². The Morgan fingerprint density at radius 3 is 2.45 bits per heavy atom. The fraction of sp³-hybridized carbons (Fsp3) is 0.500. The molecule has 0 aliphatic carbocycles. The second kappa shape index (κ2) is 10.3. The second-order valence-corrected chi connectivity index (χ2v) is 8.17. The van der Waals surface area contributed by atoms with Crippen molar-refractivity contribution in [1.82, 2.24) is 15.4 Å². The van der Waals surface area contributed by atoms with Crippen LogP contribution in [0.25, 0.3) is 0 Å². The van der Waals surface area contributed by atoms with E-state index in [-0.39, 0.29) is 12.0 Å². The standard InChI is InChI=1S/C20H25N3O3.C2HF3O2/c1-13-17(14(2)26-22-13)9-23-10-18-16(12-25-19(18)11-23)8-21-20(24)15-6-4-3-5-7-15;3-2(4,5)1(6)7/h3-7,16,18-19H,8-12H2,1-2H3,(H,21,24);(H,6,7)/t16-,18-,19-;/m1./s1. The molecule has 2 saturated heterocycles. The minimum absolute atomic E-state index is 0.0142. The van der Waals surface area contributed by atoms with Gasteiger partial charge in [0.1, 0.15) is 5.76 Å². The van der Waals surface area contributed by atoms with Crippen LogP contribution in [0.4, 0.5) is 13.2 Å². The fourth-order valence-electron chi connectivity index (χ4n) is 4.09. The first-order valence-corrected chi connectivity index (χ1v) is 10.4. The minimum Gasteiger partial charge on any atom is -0.475 e. The smallest absolute Gasteiger partial charge is 0.475 e. The van der Waals surface area contributed by atoms with Crippen LogP contribution in [0.2, 0.25) is 0 Å². The highest BCUT2D eigenvalue weighted by atomic mass is 19.4. The van der Waals surface area contributed by atoms with Crippen molar-refractivity contribution in [3.8, 4) is 0 Å². The van der Waals surface area contributed by atoms with Gasteiger partial charge in [0.25, 0.3) is 5.91 Å². The van der Waals surface area contributed by atoms with Gasteiger partial charge in [0.05, 0.1) is 18.4 Å². The molecule has 2 fully saturated rings. The average Bonchev–Trinajstić information content (AvgIpc) is 3.43. The molecular formula is C22H26F3N3O5. The van der Waals surface area contributed by atoms with E-state index in [2.05, 4.69) is 15.4 Å². The summed E-state index contributed by atoms with van der Waals surface area (Å²) < 4.78 is 43.0. The van der Waals surface area contributed by atoms with Crippen molar-refractivity contribution in [3.63, 3.8) is 0 Å². The highest BCUT2D eigenvalue weighted by molar-refractivity contribution is 5.94. The summed E-state index contributed by atoms with van der Waals surface area (Å²) in [4.78, 5) is 23.6. The Kier molecular flexibility index (Phi) is 7.75. The van der Waals surface area contributed by atoms with Crippen LogP contribution in [0.5, 0.6) is 0 Å². The summed E-state index contributed by atoms with van der Waals surface area (Å²) in [6.45, 7) is 8.10. The molecule has 1 aromatic carbocycles. The average molecular weight is 469 g/mol. The molecule has 180 valence electrons. The monoisotopic (exact) mass is 469 g/mol. The number of carbonyl (C=O) groups is 2. The zero-order valence-corrected chi connectivity index (χ0v) is 18.3. The number of halogens is 3. The number of rotatable bonds is 5. The molecular weight excluding hydrogens is 443 g/mol. The zero-order valence-electron chi connectivity index (χ0n) is 18.3. The number of carbonyl (C=O) groups excluding carboxylic acids is 1. The number of hydrogen-bond donors (Lipinski definition) is 2. The topological polar surface area (TPSA) is 105 Å². The van der Waals surface area contributed by atoms with Gasteiger partial charge < -0.3 is 19.7 Å². The predicted octanol–water partition coefficient (Wildman–Crippen LogP) is 2.80. The molecule has 1 amide bonds. The summed E-state index contributed by atoms with van der Waals surface area (Å²) in [6, 6.07) is 9.35. The molecule has 0 bridgehead atoms. The lowest BCUT2D eigenvalue weighted by Crippen LogP contribution is -2.34. The van der Waals surface area contributed by atoms with Gasteiger partial charge in [-0.3, -0.25) is 9.69 Å². The van der Waals surface area contributed by atoms with Crippen LogP contribution < -0.4 is 5.32 Å². The van der Waals surface area contributed by atoms with E-state index in [1.54, 1.807) is 0 Å². The largest absolute Gasteiger partial charge is 0.490 e. The fourth-order valence-corrected chi connectivity index (χ4v) is 4.09. The van der Waals surface area contributed by atoms with Crippen molar-refractivity contribution in [2.45, 2.75) is 32.7 Å². The van der Waals surface area contributed by atoms with Gasteiger partial charge in [-0.2, -0.15) is 13.2 Å². The number of nitrogens with one attached hydrogen (secondary N) is 1. The summed E-state index contributed by atoms with van der Waals surface area (Å²) in [7, 11) is 0. The molecule has 2 N–H and O–H groups in total. The lowest BCUT2D eigenvalue weighted by molar-refractivity contribution is -0.192. The number of alkyl halides is 3. The van der Waals surface area contributed by atoms with Gasteiger partial charge in [-0.15, -0.1) is 0 Å². The van der Waals surface area contributed by atoms with Crippen LogP contribution >= 0.6 is 0 Å². The number of carboxylic acids is 1. The highest BCUT2D eigenvalue weighted by Crippen LogP contribution is 2.34. The normalized spacial score (nSPS) is 22.4. The summed E-state index contributed by atoms with van der Waals surface area (Å²) in [5, 5.41) is 14.2. The van der Waals surface area contributed by atoms with Crippen LogP contribution in [0.3, 0.4) is 0 Å². The Morgan fingerprint density at radius 1 is 1.21 bits per heavy atom. The number of aryl methyl sites for hydroxylation is 2. The Morgan fingerprint density at radius 2 is 1.88 bits per heavy atom. The van der Waals surface area contributed by atoms with Crippen molar-refractivity contribution < 1.29 is 37.1 Å². The first kappa shape index (κ1) is 24.7. The zero-order chi connectivity index (χ0) is 24.2. The van der Waals surface area contributed by atoms with Crippen molar-refractivity contribution in [2.24, 2.45) is 11.8 Å². The number of aliphatic carboxylic acids is 1. The van der Waals surface area contributed by atoms with E-state index in [4.69, 9.17) is 19.2 Å². The molecule has 3 heterocycles. The molecule has 0 spiro atoms. The summed E-state index contributed by atoms with van der Waals surface area (Å²) in [5.41, 5.74) is 2.85. The predicted molar refractivity (Wildman–Crippen MR) is 110 cm³/mol. The second-order valence-electron chi connectivity index (χ2n) is 8.17. The highest BCUT2D eigenvalue weighted by Gasteiger charge is 2.44. The van der Waals surface area contributed by atoms with E-state index < -0.39 is 12.1 Å². The van der Waals surface area contributed by atoms with E-state index >= 15 is 0 Å². The number of hydrogen-bond acceptors (Lipinski definition) is 6. The maximum atomic E-state index is 12.3. The van der Waals surface area contributed by atoms with Gasteiger partial charge >= 0.3 is 12.1 Å². The lowest BCUT2D eigenvalue weighted by Gasteiger charge is -2.20. The number of likely N-dealkylation sites (tertiary alicyclic amines) is 1. The van der Waals surface area contributed by atoms with Crippen LogP contribution in [0.1, 0.15) is 27.4 Å². The van der Waals surface area contributed by atoms with E-state index in [1.165, 1.54) is 5.56 Å². The SMILES string of the molecule is Cc1noc(C)c1CN1C[C@@H]2[C@H](CNC(=O)c3ccccc3)CO[C@@H]2C1.O=C(O)C(F)(F)F. The third kappa shape index (κ3) is 6.32. The first-order chi connectivity index (χ1) is 15.6. The number of ether oxygens (including phenoxy) is 1. The number of fused-ring (bicyclic) bond motifs is 1. The molecule has 2 aromatic rings. The van der Waals surface area contributed by atoms with Crippen LogP contribution in [0, 0.1) is 25.7 Å². The van der Waals surface area contributed by atoms with E-state index in [1.807, 2.05) is 44.2 Å². The van der Waals surface area contributed by atoms with Crippen molar-refractivity contribution in [3.05, 3.63) is 52.9 Å². The maximum Gasteiger partial charge on any atom is 0.490 e. The Hall–Kier alpha value is -2.92. The summed E-state index contributed by atoms with van der Waals surface area (Å²) in [6.07, 6.45) is -4.82. The molecule has 0 unspecified atom stereocenters. The molecule has 0 saturated carbocycles. The van der Waals surface area contributed by atoms with E-state index in [9.17, 15) is 18.0 Å². The Balaban J connectivity index is 0.000000383. The van der Waals surface area contributed by atoms with Gasteiger partial charge in [0.2, 0.25) is 0 Å². The molecule has 3 atom stereocenters. The summed E-state index contributed by atoms with van der Waals surface area (Å²) >= 11 is 0. The first-order valence-electron chi connectivity index (χ1n) is 10.4. The van der Waals surface area contributed by atoms with Crippen LogP contribution in [-0.2, 0) is 16.1 Å². The molecule has 1 aromatic heterocycles. The Bertz CT molecular complexity index is 944. The molecule has 4 rings (SSSR count). The lowest BCUT2D eigenvalue weighted by atomic mass is 9.93. The van der Waals surface area contributed by atoms with Crippen molar-refractivity contribution in [2.75, 3.05) is 26.2 Å². The van der Waals surface area contributed by atoms with E-state index in [0.29, 0.717) is 23.9 Å². The van der Waals surface area contributed by atoms with Gasteiger partial charge in [-0.05, 0) is 26.0 Å². The number of benzene rings is 1. The maximum absolute atomic E-state index is 12.3. The minimum atomic E-state index is -5.08. The molecule has 2 aliphatic heterocycles. The van der Waals surface area contributed by atoms with Gasteiger partial charge in [-0.25, -0.2) is 4.79 Å². The van der Waals surface area contributed by atoms with Gasteiger partial charge in [0.15, 0.2) is 0 Å². The van der Waals surface area contributed by atoms with Gasteiger partial charge in [-0.1, -0.05) is 23.4 Å². The van der Waals surface area contributed by atoms with E-state index in [0.717, 1.165) is 37.7 Å². The molecule has 0 radical (unpaired) electrons. The quantitative estimate of drug-likeness (QED) is 0.694. The number of carboxylic acid groups (broad SMARTS) is 1. The number of amides is 1.